The number of benzene rings is 2. The van der Waals surface area contributed by atoms with E-state index in [1.807, 2.05) is 0 Å². The first-order valence-electron chi connectivity index (χ1n) is 7.00. The number of ketones is 1. The molecular formula is C17H13F2N3O. The fourth-order valence-corrected chi connectivity index (χ4v) is 2.33. The number of Topliss-reactive ketones (excluding diaryl/α,β-unsaturated/α-hetero) is 1. The van der Waals surface area contributed by atoms with E-state index in [1.54, 1.807) is 31.2 Å². The van der Waals surface area contributed by atoms with Gasteiger partial charge in [-0.05, 0) is 48.9 Å². The van der Waals surface area contributed by atoms with E-state index in [0.29, 0.717) is 16.9 Å². The van der Waals surface area contributed by atoms with Crippen LogP contribution in [0.2, 0.25) is 0 Å². The molecule has 0 unspecified atom stereocenters. The summed E-state index contributed by atoms with van der Waals surface area (Å²) in [5.41, 5.74) is 1.96. The third-order valence-electron chi connectivity index (χ3n) is 3.48. The van der Waals surface area contributed by atoms with E-state index in [9.17, 15) is 13.6 Å². The first kappa shape index (κ1) is 15.0. The zero-order valence-electron chi connectivity index (χ0n) is 12.3. The molecule has 0 saturated heterocycles. The summed E-state index contributed by atoms with van der Waals surface area (Å²) in [7, 11) is 0. The van der Waals surface area contributed by atoms with Crippen LogP contribution in [-0.2, 0) is 6.42 Å². The molecule has 3 aromatic rings. The first-order valence-corrected chi connectivity index (χ1v) is 7.00. The highest BCUT2D eigenvalue weighted by Crippen LogP contribution is 2.15. The van der Waals surface area contributed by atoms with Gasteiger partial charge < -0.3 is 0 Å². The Kier molecular flexibility index (Phi) is 3.97. The number of hydrogen-bond acceptors (Lipinski definition) is 3. The van der Waals surface area contributed by atoms with E-state index in [-0.39, 0.29) is 29.5 Å². The van der Waals surface area contributed by atoms with E-state index >= 15 is 0 Å². The van der Waals surface area contributed by atoms with Crippen molar-refractivity contribution in [1.82, 2.24) is 15.0 Å². The first-order chi connectivity index (χ1) is 11.0. The summed E-state index contributed by atoms with van der Waals surface area (Å²) in [6.45, 7) is 1.71. The van der Waals surface area contributed by atoms with Crippen molar-refractivity contribution in [2.75, 3.05) is 0 Å². The van der Waals surface area contributed by atoms with Gasteiger partial charge in [-0.15, -0.1) is 5.10 Å². The van der Waals surface area contributed by atoms with Gasteiger partial charge in [0, 0.05) is 6.42 Å². The van der Waals surface area contributed by atoms with E-state index < -0.39 is 0 Å². The van der Waals surface area contributed by atoms with Gasteiger partial charge in [-0.2, -0.15) is 0 Å². The van der Waals surface area contributed by atoms with Crippen molar-refractivity contribution in [1.29, 1.82) is 0 Å². The molecule has 4 nitrogen and oxygen atoms in total. The molecule has 0 saturated carbocycles. The molecule has 1 heterocycles. The normalized spacial score (nSPS) is 10.7. The van der Waals surface area contributed by atoms with Gasteiger partial charge in [-0.25, -0.2) is 13.5 Å². The van der Waals surface area contributed by atoms with Crippen molar-refractivity contribution in [2.24, 2.45) is 0 Å². The van der Waals surface area contributed by atoms with E-state index in [0.717, 1.165) is 0 Å². The van der Waals surface area contributed by atoms with Crippen LogP contribution >= 0.6 is 0 Å². The average molecular weight is 313 g/mol. The van der Waals surface area contributed by atoms with Gasteiger partial charge in [0.25, 0.3) is 0 Å². The number of halogens is 2. The maximum Gasteiger partial charge on any atom is 0.189 e. The van der Waals surface area contributed by atoms with Gasteiger partial charge in [-0.1, -0.05) is 17.3 Å². The summed E-state index contributed by atoms with van der Waals surface area (Å²) in [5, 5.41) is 7.85. The van der Waals surface area contributed by atoms with Gasteiger partial charge >= 0.3 is 0 Å². The molecular weight excluding hydrogens is 300 g/mol. The molecule has 0 radical (unpaired) electrons. The van der Waals surface area contributed by atoms with Crippen molar-refractivity contribution in [3.63, 3.8) is 0 Å². The summed E-state index contributed by atoms with van der Waals surface area (Å²) < 4.78 is 27.6. The second-order valence-corrected chi connectivity index (χ2v) is 5.14. The van der Waals surface area contributed by atoms with Gasteiger partial charge in [0.15, 0.2) is 11.5 Å². The topological polar surface area (TPSA) is 47.8 Å². The smallest absolute Gasteiger partial charge is 0.189 e. The second-order valence-electron chi connectivity index (χ2n) is 5.14. The fourth-order valence-electron chi connectivity index (χ4n) is 2.33. The molecule has 0 aliphatic carbocycles. The van der Waals surface area contributed by atoms with Crippen LogP contribution in [0.5, 0.6) is 0 Å². The van der Waals surface area contributed by atoms with Crippen molar-refractivity contribution in [3.05, 3.63) is 77.1 Å². The molecule has 2 aromatic carbocycles. The molecule has 23 heavy (non-hydrogen) atoms. The van der Waals surface area contributed by atoms with Gasteiger partial charge in [0.05, 0.1) is 11.4 Å². The molecule has 3 rings (SSSR count). The summed E-state index contributed by atoms with van der Waals surface area (Å²) in [4.78, 5) is 12.3. The van der Waals surface area contributed by atoms with Crippen LogP contribution in [0, 0.1) is 18.6 Å². The molecule has 0 atom stereocenters. The van der Waals surface area contributed by atoms with Crippen molar-refractivity contribution in [3.8, 4) is 5.69 Å². The highest BCUT2D eigenvalue weighted by atomic mass is 19.1. The number of carbonyl (C=O) groups excluding carboxylic acids is 1. The fraction of sp³-hybridized carbons (Fsp3) is 0.118. The minimum absolute atomic E-state index is 0.0424. The number of carbonyl (C=O) groups is 1. The lowest BCUT2D eigenvalue weighted by Crippen LogP contribution is -2.07. The predicted molar refractivity (Wildman–Crippen MR) is 80.5 cm³/mol. The SMILES string of the molecule is Cc1c(C(=O)Cc2cccc(F)c2)nnn1-c1ccc(F)cc1. The summed E-state index contributed by atoms with van der Waals surface area (Å²) in [6, 6.07) is 11.6. The van der Waals surface area contributed by atoms with Crippen LogP contribution in [0.3, 0.4) is 0 Å². The molecule has 0 fully saturated rings. The van der Waals surface area contributed by atoms with Gasteiger partial charge in [0.2, 0.25) is 0 Å². The Bertz CT molecular complexity index is 857. The van der Waals surface area contributed by atoms with Gasteiger partial charge in [0.1, 0.15) is 11.6 Å². The Morgan fingerprint density at radius 1 is 1.09 bits per heavy atom. The molecule has 0 bridgehead atoms. The van der Waals surface area contributed by atoms with E-state index in [1.165, 1.54) is 28.9 Å². The Hall–Kier alpha value is -2.89. The summed E-state index contributed by atoms with van der Waals surface area (Å²) in [6.07, 6.45) is 0.0424. The number of hydrogen-bond donors (Lipinski definition) is 0. The highest BCUT2D eigenvalue weighted by molar-refractivity contribution is 5.96. The number of nitrogens with zero attached hydrogens (tertiary/aromatic N) is 3. The molecule has 0 N–H and O–H groups in total. The molecule has 0 amide bonds. The zero-order valence-corrected chi connectivity index (χ0v) is 12.3. The molecule has 0 aliphatic heterocycles. The Morgan fingerprint density at radius 3 is 2.52 bits per heavy atom. The molecule has 116 valence electrons. The minimum atomic E-state index is -0.387. The van der Waals surface area contributed by atoms with E-state index in [2.05, 4.69) is 10.3 Å². The maximum absolute atomic E-state index is 13.2. The predicted octanol–water partition coefficient (Wildman–Crippen LogP) is 3.28. The summed E-state index contributed by atoms with van der Waals surface area (Å²) in [5.74, 6) is -0.989. The highest BCUT2D eigenvalue weighted by Gasteiger charge is 2.17. The lowest BCUT2D eigenvalue weighted by atomic mass is 10.1. The van der Waals surface area contributed by atoms with Crippen molar-refractivity contribution in [2.45, 2.75) is 13.3 Å². The van der Waals surface area contributed by atoms with Crippen LogP contribution < -0.4 is 0 Å². The van der Waals surface area contributed by atoms with Gasteiger partial charge in [-0.3, -0.25) is 4.79 Å². The molecule has 6 heteroatoms. The van der Waals surface area contributed by atoms with Crippen LogP contribution in [0.4, 0.5) is 8.78 Å². The average Bonchev–Trinajstić information content (AvgIpc) is 2.90. The number of aromatic nitrogens is 3. The Labute approximate surface area is 131 Å². The standard InChI is InChI=1S/C17H13F2N3O/c1-11-17(16(23)10-12-3-2-4-14(19)9-12)20-21-22(11)15-7-5-13(18)6-8-15/h2-9H,10H2,1H3. The van der Waals surface area contributed by atoms with Crippen LogP contribution in [0.1, 0.15) is 21.7 Å². The third-order valence-corrected chi connectivity index (χ3v) is 3.48. The van der Waals surface area contributed by atoms with E-state index in [4.69, 9.17) is 0 Å². The molecule has 0 spiro atoms. The van der Waals surface area contributed by atoms with Crippen molar-refractivity contribution < 1.29 is 13.6 Å². The maximum atomic E-state index is 13.2. The number of rotatable bonds is 4. The summed E-state index contributed by atoms with van der Waals surface area (Å²) >= 11 is 0. The van der Waals surface area contributed by atoms with Crippen LogP contribution in [0.15, 0.2) is 48.5 Å². The molecule has 0 aliphatic rings. The quantitative estimate of drug-likeness (QED) is 0.695. The van der Waals surface area contributed by atoms with Crippen molar-refractivity contribution >= 4 is 5.78 Å². The minimum Gasteiger partial charge on any atom is -0.292 e. The lowest BCUT2D eigenvalue weighted by molar-refractivity contribution is 0.0987. The Balaban J connectivity index is 1.86. The monoisotopic (exact) mass is 313 g/mol. The molecule has 1 aromatic heterocycles. The Morgan fingerprint density at radius 2 is 1.83 bits per heavy atom. The largest absolute Gasteiger partial charge is 0.292 e. The second kappa shape index (κ2) is 6.08. The van der Waals surface area contributed by atoms with Crippen LogP contribution in [-0.4, -0.2) is 20.8 Å². The third kappa shape index (κ3) is 3.15. The van der Waals surface area contributed by atoms with Crippen LogP contribution in [0.25, 0.3) is 5.69 Å². The zero-order chi connectivity index (χ0) is 16.4. The lowest BCUT2D eigenvalue weighted by Gasteiger charge is -2.03.